The summed E-state index contributed by atoms with van der Waals surface area (Å²) in [6, 6.07) is 17.2. The molecular weight excluding hydrogens is 371 g/mol. The van der Waals surface area contributed by atoms with E-state index in [9.17, 15) is 0 Å². The van der Waals surface area contributed by atoms with Gasteiger partial charge in [-0.05, 0) is 35.7 Å². The van der Waals surface area contributed by atoms with Gasteiger partial charge in [-0.15, -0.1) is 22.7 Å². The molecule has 0 nitrogen and oxygen atoms in total. The van der Waals surface area contributed by atoms with Crippen LogP contribution >= 0.6 is 38.6 Å². The molecule has 0 bridgehead atoms. The van der Waals surface area contributed by atoms with E-state index in [4.69, 9.17) is 7.85 Å². The maximum Gasteiger partial charge on any atom is 0.113 e. The zero-order valence-electron chi connectivity index (χ0n) is 11.4. The van der Waals surface area contributed by atoms with Gasteiger partial charge in [-0.3, -0.25) is 0 Å². The standard InChI is InChI=1S/C18H8BBrS2/c19-9-1-4-14-12(7-9)11-3-6-16-17(18(11)22-14)13-8-10(20)2-5-15(13)21-16/h1-8H. The van der Waals surface area contributed by atoms with Crippen molar-refractivity contribution in [1.82, 2.24) is 0 Å². The molecule has 0 aliphatic rings. The minimum atomic E-state index is 0.824. The summed E-state index contributed by atoms with van der Waals surface area (Å²) in [5, 5.41) is 5.27. The van der Waals surface area contributed by atoms with E-state index < -0.39 is 0 Å². The van der Waals surface area contributed by atoms with Gasteiger partial charge in [0.15, 0.2) is 0 Å². The van der Waals surface area contributed by atoms with Crippen LogP contribution in [0.15, 0.2) is 53.0 Å². The second kappa shape index (κ2) is 4.57. The van der Waals surface area contributed by atoms with Crippen LogP contribution in [0.4, 0.5) is 0 Å². The van der Waals surface area contributed by atoms with Crippen LogP contribution in [0.2, 0.25) is 0 Å². The molecule has 5 rings (SSSR count). The lowest BCUT2D eigenvalue weighted by Crippen LogP contribution is -1.98. The Bertz CT molecular complexity index is 1200. The summed E-state index contributed by atoms with van der Waals surface area (Å²) in [4.78, 5) is 0. The molecule has 3 aromatic carbocycles. The van der Waals surface area contributed by atoms with Crippen LogP contribution < -0.4 is 5.46 Å². The number of thiophene rings is 2. The first-order valence-electron chi connectivity index (χ1n) is 6.93. The highest BCUT2D eigenvalue weighted by Gasteiger charge is 2.13. The SMILES string of the molecule is [B]c1ccc2sc3c(ccc4sc5ccc(Br)cc5c43)c2c1. The molecule has 4 heteroatoms. The van der Waals surface area contributed by atoms with Crippen molar-refractivity contribution < 1.29 is 0 Å². The quantitative estimate of drug-likeness (QED) is 0.291. The van der Waals surface area contributed by atoms with Crippen molar-refractivity contribution in [3.63, 3.8) is 0 Å². The first-order chi connectivity index (χ1) is 10.7. The van der Waals surface area contributed by atoms with Gasteiger partial charge in [0.25, 0.3) is 0 Å². The minimum absolute atomic E-state index is 0.824. The molecule has 2 radical (unpaired) electrons. The first-order valence-corrected chi connectivity index (χ1v) is 9.36. The lowest BCUT2D eigenvalue weighted by molar-refractivity contribution is 1.78. The van der Waals surface area contributed by atoms with Gasteiger partial charge in [-0.2, -0.15) is 0 Å². The van der Waals surface area contributed by atoms with Gasteiger partial charge in [0.05, 0.1) is 0 Å². The Morgan fingerprint density at radius 1 is 0.727 bits per heavy atom. The van der Waals surface area contributed by atoms with Crippen molar-refractivity contribution >= 4 is 92.3 Å². The fourth-order valence-electron chi connectivity index (χ4n) is 3.08. The van der Waals surface area contributed by atoms with E-state index in [1.165, 1.54) is 40.3 Å². The molecule has 0 aliphatic carbocycles. The van der Waals surface area contributed by atoms with Crippen LogP contribution in [0.3, 0.4) is 0 Å². The predicted octanol–water partition coefficient (Wildman–Crippen LogP) is 5.98. The molecule has 5 aromatic rings. The van der Waals surface area contributed by atoms with Crippen molar-refractivity contribution in [2.75, 3.05) is 0 Å². The third-order valence-corrected chi connectivity index (χ3v) is 6.89. The summed E-state index contributed by atoms with van der Waals surface area (Å²) in [6.45, 7) is 0. The summed E-state index contributed by atoms with van der Waals surface area (Å²) in [6.07, 6.45) is 0. The molecule has 0 saturated heterocycles. The summed E-state index contributed by atoms with van der Waals surface area (Å²) < 4.78 is 6.47. The zero-order chi connectivity index (χ0) is 14.8. The largest absolute Gasteiger partial charge is 0.135 e. The third-order valence-electron chi connectivity index (χ3n) is 4.06. The zero-order valence-corrected chi connectivity index (χ0v) is 14.6. The monoisotopic (exact) mass is 378 g/mol. The summed E-state index contributed by atoms with van der Waals surface area (Å²) in [7, 11) is 5.98. The highest BCUT2D eigenvalue weighted by Crippen LogP contribution is 2.44. The number of fused-ring (bicyclic) bond motifs is 7. The van der Waals surface area contributed by atoms with E-state index in [-0.39, 0.29) is 0 Å². The molecule has 0 N–H and O–H groups in total. The van der Waals surface area contributed by atoms with E-state index >= 15 is 0 Å². The molecule has 102 valence electrons. The molecule has 22 heavy (non-hydrogen) atoms. The Labute approximate surface area is 144 Å². The van der Waals surface area contributed by atoms with Crippen LogP contribution in [0.1, 0.15) is 0 Å². The molecule has 0 aliphatic heterocycles. The van der Waals surface area contributed by atoms with Gasteiger partial charge in [-0.25, -0.2) is 0 Å². The van der Waals surface area contributed by atoms with Crippen LogP contribution in [0.5, 0.6) is 0 Å². The number of benzene rings is 3. The van der Waals surface area contributed by atoms with Crippen LogP contribution in [0, 0.1) is 0 Å². The molecule has 0 saturated carbocycles. The summed E-state index contributed by atoms with van der Waals surface area (Å²) >= 11 is 7.32. The topological polar surface area (TPSA) is 0 Å². The van der Waals surface area contributed by atoms with Gasteiger partial charge in [0, 0.05) is 39.4 Å². The van der Waals surface area contributed by atoms with Gasteiger partial charge in [-0.1, -0.05) is 39.6 Å². The fraction of sp³-hybridized carbons (Fsp3) is 0. The Hall–Kier alpha value is -1.36. The molecule has 0 atom stereocenters. The Morgan fingerprint density at radius 2 is 1.50 bits per heavy atom. The molecule has 2 aromatic heterocycles. The lowest BCUT2D eigenvalue weighted by atomic mass is 9.94. The van der Waals surface area contributed by atoms with E-state index in [0.29, 0.717) is 0 Å². The number of halogens is 1. The van der Waals surface area contributed by atoms with Crippen LogP contribution in [-0.2, 0) is 0 Å². The van der Waals surface area contributed by atoms with E-state index in [2.05, 4.69) is 58.4 Å². The Morgan fingerprint density at radius 3 is 2.41 bits per heavy atom. The smallest absolute Gasteiger partial charge is 0.113 e. The second-order valence-electron chi connectivity index (χ2n) is 5.42. The lowest BCUT2D eigenvalue weighted by Gasteiger charge is -1.96. The average molecular weight is 379 g/mol. The maximum atomic E-state index is 5.98. The van der Waals surface area contributed by atoms with Gasteiger partial charge < -0.3 is 0 Å². The van der Waals surface area contributed by atoms with E-state index in [1.54, 1.807) is 0 Å². The molecule has 0 unspecified atom stereocenters. The normalized spacial score (nSPS) is 12.0. The molecular formula is C18H8BBrS2. The number of hydrogen-bond acceptors (Lipinski definition) is 2. The minimum Gasteiger partial charge on any atom is -0.135 e. The Kier molecular flexibility index (Phi) is 2.73. The Balaban J connectivity index is 2.08. The molecule has 0 spiro atoms. The number of rotatable bonds is 0. The van der Waals surface area contributed by atoms with Gasteiger partial charge in [0.1, 0.15) is 7.85 Å². The van der Waals surface area contributed by atoms with Crippen molar-refractivity contribution in [2.45, 2.75) is 0 Å². The summed E-state index contributed by atoms with van der Waals surface area (Å²) in [5.74, 6) is 0. The highest BCUT2D eigenvalue weighted by atomic mass is 79.9. The molecule has 0 fully saturated rings. The van der Waals surface area contributed by atoms with Crippen molar-refractivity contribution in [1.29, 1.82) is 0 Å². The van der Waals surface area contributed by atoms with Gasteiger partial charge in [0.2, 0.25) is 0 Å². The van der Waals surface area contributed by atoms with Crippen molar-refractivity contribution in [3.05, 3.63) is 53.0 Å². The fourth-order valence-corrected chi connectivity index (χ4v) is 5.85. The van der Waals surface area contributed by atoms with Crippen LogP contribution in [0.25, 0.3) is 40.3 Å². The molecule has 2 heterocycles. The molecule has 0 amide bonds. The predicted molar refractivity (Wildman–Crippen MR) is 105 cm³/mol. The maximum absolute atomic E-state index is 5.98. The highest BCUT2D eigenvalue weighted by molar-refractivity contribution is 9.10. The summed E-state index contributed by atoms with van der Waals surface area (Å²) in [5.41, 5.74) is 0.824. The van der Waals surface area contributed by atoms with Gasteiger partial charge >= 0.3 is 0 Å². The van der Waals surface area contributed by atoms with E-state index in [0.717, 1.165) is 9.94 Å². The van der Waals surface area contributed by atoms with Crippen molar-refractivity contribution in [3.8, 4) is 0 Å². The van der Waals surface area contributed by atoms with E-state index in [1.807, 2.05) is 28.7 Å². The van der Waals surface area contributed by atoms with Crippen LogP contribution in [-0.4, -0.2) is 7.85 Å². The number of hydrogen-bond donors (Lipinski definition) is 0. The van der Waals surface area contributed by atoms with Crippen molar-refractivity contribution in [2.24, 2.45) is 0 Å². The first kappa shape index (κ1) is 13.1. The average Bonchev–Trinajstić information content (AvgIpc) is 3.04. The second-order valence-corrected chi connectivity index (χ2v) is 8.47. The third kappa shape index (κ3) is 1.75.